The van der Waals surface area contributed by atoms with Gasteiger partial charge in [0.1, 0.15) is 17.1 Å². The molecule has 2 aromatic carbocycles. The molecule has 3 N–H and O–H groups in total. The molecule has 0 radical (unpaired) electrons. The number of fused-ring (bicyclic) bond motifs is 1. The number of thiazole rings is 1. The van der Waals surface area contributed by atoms with Crippen molar-refractivity contribution in [2.75, 3.05) is 24.9 Å². The highest BCUT2D eigenvalue weighted by atomic mass is 32.2. The Kier molecular flexibility index (Phi) is 11.5. The molecule has 1 saturated heterocycles. The minimum Gasteiger partial charge on any atom is -0.450 e. The van der Waals surface area contributed by atoms with Crippen LogP contribution in [0.25, 0.3) is 0 Å². The normalized spacial score (nSPS) is 17.4. The van der Waals surface area contributed by atoms with Crippen molar-refractivity contribution in [2.24, 2.45) is 10.6 Å². The van der Waals surface area contributed by atoms with Gasteiger partial charge in [0.2, 0.25) is 18.5 Å². The molecular weight excluding hydrogens is 703 g/mol. The summed E-state index contributed by atoms with van der Waals surface area (Å²) in [6, 6.07) is 17.5. The van der Waals surface area contributed by atoms with Gasteiger partial charge in [-0.15, -0.1) is 23.1 Å². The molecule has 13 nitrogen and oxygen atoms in total. The van der Waals surface area contributed by atoms with Gasteiger partial charge < -0.3 is 30.1 Å². The van der Waals surface area contributed by atoms with E-state index in [4.69, 9.17) is 37.0 Å². The van der Waals surface area contributed by atoms with Crippen molar-refractivity contribution in [3.63, 3.8) is 0 Å². The number of rotatable bonds is 12. The van der Waals surface area contributed by atoms with Crippen molar-refractivity contribution >= 4 is 75.0 Å². The molecule has 3 heterocycles. The third-order valence-electron chi connectivity index (χ3n) is 7.40. The fraction of sp³-hybridized carbons (Fsp3) is 0.324. The van der Waals surface area contributed by atoms with Gasteiger partial charge in [-0.3, -0.25) is 19.3 Å². The summed E-state index contributed by atoms with van der Waals surface area (Å²) < 4.78 is 16.4. The molecule has 1 aromatic heterocycles. The maximum atomic E-state index is 13.6. The second kappa shape index (κ2) is 15.8. The van der Waals surface area contributed by atoms with Gasteiger partial charge >= 0.3 is 11.9 Å². The molecule has 5 rings (SSSR count). The Hall–Kier alpha value is -4.80. The number of esters is 2. The van der Waals surface area contributed by atoms with Gasteiger partial charge in [-0.25, -0.2) is 9.78 Å². The van der Waals surface area contributed by atoms with Crippen molar-refractivity contribution in [1.82, 2.24) is 15.2 Å². The summed E-state index contributed by atoms with van der Waals surface area (Å²) in [6.45, 7) is 5.93. The van der Waals surface area contributed by atoms with Crippen molar-refractivity contribution in [3.8, 4) is 0 Å². The Morgan fingerprint density at radius 1 is 1.08 bits per heavy atom. The largest absolute Gasteiger partial charge is 0.450 e. The van der Waals surface area contributed by atoms with Crippen molar-refractivity contribution < 1.29 is 38.2 Å². The fourth-order valence-corrected chi connectivity index (χ4v) is 7.05. The monoisotopic (exact) mass is 737 g/mol. The van der Waals surface area contributed by atoms with Crippen LogP contribution in [0.2, 0.25) is 0 Å². The molecule has 3 aromatic rings. The maximum Gasteiger partial charge on any atom is 0.347 e. The van der Waals surface area contributed by atoms with E-state index in [1.54, 1.807) is 20.8 Å². The third-order valence-corrected chi connectivity index (χ3v) is 9.81. The van der Waals surface area contributed by atoms with Crippen LogP contribution >= 0.6 is 35.3 Å². The topological polar surface area (TPSA) is 172 Å². The van der Waals surface area contributed by atoms with E-state index in [-0.39, 0.29) is 21.6 Å². The number of oxime groups is 1. The van der Waals surface area contributed by atoms with E-state index in [1.165, 1.54) is 22.0 Å². The molecule has 0 saturated carbocycles. The number of benzene rings is 2. The lowest BCUT2D eigenvalue weighted by Gasteiger charge is -2.50. The van der Waals surface area contributed by atoms with Gasteiger partial charge in [0, 0.05) is 11.1 Å². The van der Waals surface area contributed by atoms with E-state index in [9.17, 15) is 19.2 Å². The Morgan fingerprint density at radius 3 is 2.30 bits per heavy atom. The molecule has 16 heteroatoms. The Morgan fingerprint density at radius 2 is 1.72 bits per heavy atom. The molecule has 1 unspecified atom stereocenters. The number of carbonyl (C=O) groups is 4. The number of amides is 2. The highest BCUT2D eigenvalue weighted by Gasteiger charge is 2.53. The second-order valence-corrected chi connectivity index (χ2v) is 14.6. The van der Waals surface area contributed by atoms with Gasteiger partial charge in [0.15, 0.2) is 16.9 Å². The van der Waals surface area contributed by atoms with Gasteiger partial charge in [-0.2, -0.15) is 0 Å². The highest BCUT2D eigenvalue weighted by molar-refractivity contribution is 8.00. The van der Waals surface area contributed by atoms with Crippen LogP contribution in [0.5, 0.6) is 0 Å². The number of ether oxygens (including phenoxy) is 3. The van der Waals surface area contributed by atoms with Crippen LogP contribution in [0.15, 0.2) is 82.5 Å². The molecule has 1 fully saturated rings. The molecule has 50 heavy (non-hydrogen) atoms. The number of anilines is 1. The number of nitrogens with zero attached hydrogens (tertiary/aromatic N) is 3. The predicted molar refractivity (Wildman–Crippen MR) is 192 cm³/mol. The summed E-state index contributed by atoms with van der Waals surface area (Å²) in [5.74, 6) is -1.89. The van der Waals surface area contributed by atoms with Crippen molar-refractivity contribution in [3.05, 3.63) is 94.1 Å². The smallest absolute Gasteiger partial charge is 0.347 e. The Labute approximate surface area is 302 Å². The van der Waals surface area contributed by atoms with E-state index >= 15 is 0 Å². The molecule has 2 amide bonds. The minimum atomic E-state index is -0.944. The van der Waals surface area contributed by atoms with Crippen LogP contribution < -0.4 is 11.1 Å². The number of aromatic nitrogens is 1. The lowest BCUT2D eigenvalue weighted by molar-refractivity contribution is -0.160. The van der Waals surface area contributed by atoms with Gasteiger partial charge in [0.05, 0.1) is 11.1 Å². The van der Waals surface area contributed by atoms with Gasteiger partial charge in [-0.05, 0) is 56.6 Å². The van der Waals surface area contributed by atoms with Crippen LogP contribution in [0.3, 0.4) is 0 Å². The number of nitrogens with one attached hydrogen (secondary N) is 1. The summed E-state index contributed by atoms with van der Waals surface area (Å²) in [5.41, 5.74) is 7.61. The molecule has 0 aliphatic carbocycles. The fourth-order valence-electron chi connectivity index (χ4n) is 4.89. The summed E-state index contributed by atoms with van der Waals surface area (Å²) in [7, 11) is 0. The lowest BCUT2D eigenvalue weighted by atomic mass is 9.98. The van der Waals surface area contributed by atoms with E-state index in [0.717, 1.165) is 28.0 Å². The number of nitrogen functional groups attached to an aromatic ring is 1. The molecular formula is C34H35N5O8S3. The molecule has 2 aliphatic rings. The zero-order chi connectivity index (χ0) is 36.0. The van der Waals surface area contributed by atoms with Gasteiger partial charge in [-0.1, -0.05) is 65.8 Å². The maximum absolute atomic E-state index is 13.6. The highest BCUT2D eigenvalue weighted by Crippen LogP contribution is 2.41. The zero-order valence-electron chi connectivity index (χ0n) is 27.6. The first-order valence-corrected chi connectivity index (χ1v) is 17.7. The molecule has 262 valence electrons. The average Bonchev–Trinajstić information content (AvgIpc) is 3.53. The minimum absolute atomic E-state index is 0.00473. The number of carbonyl (C=O) groups excluding carboxylic acids is 4. The van der Waals surface area contributed by atoms with E-state index < -0.39 is 60.1 Å². The zero-order valence-corrected chi connectivity index (χ0v) is 30.1. The van der Waals surface area contributed by atoms with E-state index in [2.05, 4.69) is 15.5 Å². The first-order chi connectivity index (χ1) is 23.8. The first-order valence-electron chi connectivity index (χ1n) is 15.4. The summed E-state index contributed by atoms with van der Waals surface area (Å²) in [4.78, 5) is 62.9. The predicted octanol–water partition coefficient (Wildman–Crippen LogP) is 4.34. The molecule has 2 aliphatic heterocycles. The quantitative estimate of drug-likeness (QED) is 0.0674. The second-order valence-electron chi connectivity index (χ2n) is 12.2. The average molecular weight is 738 g/mol. The lowest BCUT2D eigenvalue weighted by Crippen LogP contribution is -2.71. The summed E-state index contributed by atoms with van der Waals surface area (Å²) in [6.07, 6.45) is -0.696. The summed E-state index contributed by atoms with van der Waals surface area (Å²) in [5, 5.41) is 7.81. The van der Waals surface area contributed by atoms with Crippen LogP contribution in [0, 0.1) is 5.41 Å². The van der Waals surface area contributed by atoms with Crippen LogP contribution in [0.1, 0.15) is 50.6 Å². The standard InChI is InChI=1S/C34H35N5O8S3/c1-19-16-49-30-25(29(42)39(30)26(19)31(48)44-18-45-32(43)34(2,3)4)37-28(41)24(22-17-50-33(35)36-22)38-46-15-23(40)47-27(20-11-7-5-8-12-20)21-13-9-6-10-14-21/h5-14,17,25,27,30H,15-16,18H2,1-4H3,(H2,35,36)(H,37,41)/t25?,30-/m1/s1. The number of thioether (sulfide) groups is 1. The SMILES string of the molecule is CC1=C(C(=S)OCOC(=O)C(C)(C)C)N2C(=O)C(NC(=O)C(=NOCC(=O)OC(c3ccccc3)c3ccccc3)c3csc(N)n3)[C@H]2SC1. The molecule has 2 atom stereocenters. The number of thiocarbonyl (C=S) groups is 1. The Bertz CT molecular complexity index is 1780. The van der Waals surface area contributed by atoms with E-state index in [0.29, 0.717) is 11.4 Å². The number of hydrogen-bond donors (Lipinski definition) is 2. The van der Waals surface area contributed by atoms with Gasteiger partial charge in [0.25, 0.3) is 11.8 Å². The van der Waals surface area contributed by atoms with Crippen molar-refractivity contribution in [2.45, 2.75) is 45.2 Å². The number of β-lactam (4-membered cyclic amide) rings is 1. The molecule has 0 spiro atoms. The Balaban J connectivity index is 1.24. The number of nitrogens with two attached hydrogens (primary N) is 1. The van der Waals surface area contributed by atoms with Crippen molar-refractivity contribution in [1.29, 1.82) is 0 Å². The summed E-state index contributed by atoms with van der Waals surface area (Å²) >= 11 is 7.95. The van der Waals surface area contributed by atoms with Crippen LogP contribution in [-0.4, -0.2) is 75.0 Å². The first kappa shape index (κ1) is 36.5. The number of hydrogen-bond acceptors (Lipinski definition) is 14. The van der Waals surface area contributed by atoms with Crippen LogP contribution in [0.4, 0.5) is 5.13 Å². The van der Waals surface area contributed by atoms with E-state index in [1.807, 2.05) is 67.6 Å². The van der Waals surface area contributed by atoms with Crippen LogP contribution in [-0.2, 0) is 38.2 Å². The molecule has 0 bridgehead atoms. The third kappa shape index (κ3) is 8.49.